The normalized spacial score (nSPS) is 12.7. The summed E-state index contributed by atoms with van der Waals surface area (Å²) < 4.78 is 0. The molecular formula is C13H17N3S. The van der Waals surface area contributed by atoms with Crippen LogP contribution in [0.1, 0.15) is 29.8 Å². The molecule has 0 saturated carbocycles. The summed E-state index contributed by atoms with van der Waals surface area (Å²) >= 11 is 1.66. The summed E-state index contributed by atoms with van der Waals surface area (Å²) in [5.41, 5.74) is 10.1. The van der Waals surface area contributed by atoms with E-state index in [1.165, 1.54) is 5.56 Å². The molecule has 0 radical (unpaired) electrons. The van der Waals surface area contributed by atoms with Gasteiger partial charge in [-0.25, -0.2) is 9.97 Å². The number of hydrogen-bond acceptors (Lipinski definition) is 4. The standard InChI is InChI=1S/C13H17N3S/c1-8(6-14)12-9(2)15-13(16-10(12)3)11-4-5-17-7-11/h4-5,7-8H,6,14H2,1-3H3. The third-order valence-electron chi connectivity index (χ3n) is 2.95. The topological polar surface area (TPSA) is 51.8 Å². The first-order valence-electron chi connectivity index (χ1n) is 5.71. The van der Waals surface area contributed by atoms with Crippen LogP contribution in [0, 0.1) is 13.8 Å². The average molecular weight is 247 g/mol. The molecule has 0 aliphatic heterocycles. The molecule has 0 spiro atoms. The molecule has 0 fully saturated rings. The number of nitrogens with zero attached hydrogens (tertiary/aromatic N) is 2. The Morgan fingerprint density at radius 2 is 1.94 bits per heavy atom. The van der Waals surface area contributed by atoms with E-state index in [1.807, 2.05) is 25.3 Å². The van der Waals surface area contributed by atoms with Crippen LogP contribution < -0.4 is 5.73 Å². The summed E-state index contributed by atoms with van der Waals surface area (Å²) in [5, 5.41) is 4.11. The van der Waals surface area contributed by atoms with E-state index in [0.717, 1.165) is 22.8 Å². The van der Waals surface area contributed by atoms with E-state index < -0.39 is 0 Å². The summed E-state index contributed by atoms with van der Waals surface area (Å²) in [4.78, 5) is 9.17. The maximum atomic E-state index is 5.72. The highest BCUT2D eigenvalue weighted by atomic mass is 32.1. The fourth-order valence-corrected chi connectivity index (χ4v) is 2.71. The van der Waals surface area contributed by atoms with Crippen LogP contribution in [0.2, 0.25) is 0 Å². The van der Waals surface area contributed by atoms with Gasteiger partial charge in [-0.1, -0.05) is 6.92 Å². The van der Waals surface area contributed by atoms with Crippen molar-refractivity contribution in [2.45, 2.75) is 26.7 Å². The van der Waals surface area contributed by atoms with Crippen LogP contribution in [-0.2, 0) is 0 Å². The van der Waals surface area contributed by atoms with Crippen LogP contribution in [0.3, 0.4) is 0 Å². The predicted octanol–water partition coefficient (Wildman–Crippen LogP) is 2.88. The minimum absolute atomic E-state index is 0.312. The van der Waals surface area contributed by atoms with Gasteiger partial charge < -0.3 is 5.73 Å². The first-order chi connectivity index (χ1) is 8.13. The molecule has 2 heterocycles. The molecule has 2 rings (SSSR count). The summed E-state index contributed by atoms with van der Waals surface area (Å²) in [6.45, 7) is 6.81. The number of nitrogens with two attached hydrogens (primary N) is 1. The second kappa shape index (κ2) is 4.94. The molecule has 90 valence electrons. The molecule has 2 aromatic heterocycles. The summed E-state index contributed by atoms with van der Waals surface area (Å²) in [6, 6.07) is 2.05. The Labute approximate surface area is 106 Å². The molecule has 3 nitrogen and oxygen atoms in total. The smallest absolute Gasteiger partial charge is 0.160 e. The van der Waals surface area contributed by atoms with Gasteiger partial charge in [0.1, 0.15) is 0 Å². The van der Waals surface area contributed by atoms with Crippen molar-refractivity contribution in [3.05, 3.63) is 33.8 Å². The number of thiophene rings is 1. The average Bonchev–Trinajstić information content (AvgIpc) is 2.81. The first-order valence-corrected chi connectivity index (χ1v) is 6.65. The summed E-state index contributed by atoms with van der Waals surface area (Å²) in [5.74, 6) is 1.13. The van der Waals surface area contributed by atoms with Gasteiger partial charge in [-0.05, 0) is 43.3 Å². The fraction of sp³-hybridized carbons (Fsp3) is 0.385. The van der Waals surface area contributed by atoms with Crippen LogP contribution in [0.15, 0.2) is 16.8 Å². The van der Waals surface area contributed by atoms with Crippen LogP contribution in [0.5, 0.6) is 0 Å². The Kier molecular flexibility index (Phi) is 3.54. The monoisotopic (exact) mass is 247 g/mol. The van der Waals surface area contributed by atoms with Crippen LogP contribution in [0.4, 0.5) is 0 Å². The van der Waals surface area contributed by atoms with Crippen LogP contribution in [0.25, 0.3) is 11.4 Å². The van der Waals surface area contributed by atoms with E-state index in [0.29, 0.717) is 12.5 Å². The molecule has 0 bridgehead atoms. The Bertz CT molecular complexity index is 482. The number of aromatic nitrogens is 2. The predicted molar refractivity (Wildman–Crippen MR) is 72.3 cm³/mol. The Morgan fingerprint density at radius 3 is 2.41 bits per heavy atom. The van der Waals surface area contributed by atoms with Crippen molar-refractivity contribution in [1.29, 1.82) is 0 Å². The Hall–Kier alpha value is -1.26. The number of hydrogen-bond donors (Lipinski definition) is 1. The zero-order chi connectivity index (χ0) is 12.4. The number of rotatable bonds is 3. The van der Waals surface area contributed by atoms with E-state index in [1.54, 1.807) is 11.3 Å². The van der Waals surface area contributed by atoms with Gasteiger partial charge >= 0.3 is 0 Å². The molecule has 0 amide bonds. The summed E-state index contributed by atoms with van der Waals surface area (Å²) in [6.07, 6.45) is 0. The third kappa shape index (κ3) is 2.37. The van der Waals surface area contributed by atoms with Gasteiger partial charge in [0.05, 0.1) is 0 Å². The molecule has 0 saturated heterocycles. The zero-order valence-electron chi connectivity index (χ0n) is 10.4. The Morgan fingerprint density at radius 1 is 1.29 bits per heavy atom. The van der Waals surface area contributed by atoms with Gasteiger partial charge in [0.25, 0.3) is 0 Å². The lowest BCUT2D eigenvalue weighted by Gasteiger charge is -2.15. The SMILES string of the molecule is Cc1nc(-c2ccsc2)nc(C)c1C(C)CN. The lowest BCUT2D eigenvalue weighted by molar-refractivity contribution is 0.744. The second-order valence-electron chi connectivity index (χ2n) is 4.28. The van der Waals surface area contributed by atoms with Crippen molar-refractivity contribution in [3.8, 4) is 11.4 Å². The van der Waals surface area contributed by atoms with Crippen LogP contribution >= 0.6 is 11.3 Å². The molecule has 1 atom stereocenters. The van der Waals surface area contributed by atoms with Gasteiger partial charge in [0.2, 0.25) is 0 Å². The molecule has 0 aliphatic rings. The highest BCUT2D eigenvalue weighted by molar-refractivity contribution is 7.08. The van der Waals surface area contributed by atoms with Gasteiger partial charge in [-0.2, -0.15) is 11.3 Å². The van der Waals surface area contributed by atoms with E-state index in [4.69, 9.17) is 5.73 Å². The highest BCUT2D eigenvalue weighted by Gasteiger charge is 2.14. The quantitative estimate of drug-likeness (QED) is 0.907. The van der Waals surface area contributed by atoms with Crippen molar-refractivity contribution < 1.29 is 0 Å². The van der Waals surface area contributed by atoms with Crippen molar-refractivity contribution in [2.75, 3.05) is 6.54 Å². The van der Waals surface area contributed by atoms with Gasteiger partial charge in [0.15, 0.2) is 5.82 Å². The molecule has 2 aromatic rings. The fourth-order valence-electron chi connectivity index (χ4n) is 2.08. The second-order valence-corrected chi connectivity index (χ2v) is 5.06. The summed E-state index contributed by atoms with van der Waals surface area (Å²) in [7, 11) is 0. The maximum absolute atomic E-state index is 5.72. The van der Waals surface area contributed by atoms with Gasteiger partial charge in [-0.15, -0.1) is 0 Å². The first kappa shape index (κ1) is 12.2. The largest absolute Gasteiger partial charge is 0.330 e. The van der Waals surface area contributed by atoms with Gasteiger partial charge in [0, 0.05) is 22.3 Å². The molecule has 4 heteroatoms. The molecule has 1 unspecified atom stereocenters. The van der Waals surface area contributed by atoms with E-state index >= 15 is 0 Å². The minimum atomic E-state index is 0.312. The molecule has 17 heavy (non-hydrogen) atoms. The highest BCUT2D eigenvalue weighted by Crippen LogP contribution is 2.24. The van der Waals surface area contributed by atoms with Gasteiger partial charge in [-0.3, -0.25) is 0 Å². The Balaban J connectivity index is 2.49. The minimum Gasteiger partial charge on any atom is -0.330 e. The molecule has 2 N–H and O–H groups in total. The molecule has 0 aromatic carbocycles. The van der Waals surface area contributed by atoms with Crippen molar-refractivity contribution in [1.82, 2.24) is 9.97 Å². The van der Waals surface area contributed by atoms with Crippen molar-refractivity contribution in [2.24, 2.45) is 5.73 Å². The van der Waals surface area contributed by atoms with Crippen LogP contribution in [-0.4, -0.2) is 16.5 Å². The molecular weight excluding hydrogens is 230 g/mol. The lowest BCUT2D eigenvalue weighted by Crippen LogP contribution is -2.14. The van der Waals surface area contributed by atoms with Crippen molar-refractivity contribution in [3.63, 3.8) is 0 Å². The maximum Gasteiger partial charge on any atom is 0.160 e. The lowest BCUT2D eigenvalue weighted by atomic mass is 9.98. The van der Waals surface area contributed by atoms with E-state index in [-0.39, 0.29) is 0 Å². The van der Waals surface area contributed by atoms with E-state index in [9.17, 15) is 0 Å². The molecule has 0 aliphatic carbocycles. The third-order valence-corrected chi connectivity index (χ3v) is 3.64. The zero-order valence-corrected chi connectivity index (χ0v) is 11.2. The number of aryl methyl sites for hydroxylation is 2. The van der Waals surface area contributed by atoms with E-state index in [2.05, 4.69) is 22.3 Å². The van der Waals surface area contributed by atoms with Crippen molar-refractivity contribution >= 4 is 11.3 Å².